The molecule has 0 amide bonds. The number of aliphatic hydroxyl groups is 1. The van der Waals surface area contributed by atoms with E-state index in [1.54, 1.807) is 0 Å². The molecular formula is C26H35N3O2. The standard InChI is InChI=1S/C26H35N3O2/c1-5-29-16-24(27-28-29)13-14-25(22-12-11-20(2)23(15-22)17-30)26(3,4)19-31-18-21-9-7-6-8-10-21/h6-12,15-16,25,30H,5,13-14,17-19H2,1-4H3. The van der Waals surface area contributed by atoms with E-state index in [-0.39, 0.29) is 17.9 Å². The van der Waals surface area contributed by atoms with E-state index in [9.17, 15) is 5.11 Å². The predicted molar refractivity (Wildman–Crippen MR) is 124 cm³/mol. The molecule has 3 aromatic rings. The number of aromatic nitrogens is 3. The fraction of sp³-hybridized carbons (Fsp3) is 0.462. The third-order valence-electron chi connectivity index (χ3n) is 6.07. The van der Waals surface area contributed by atoms with Crippen molar-refractivity contribution in [1.29, 1.82) is 0 Å². The molecule has 0 radical (unpaired) electrons. The molecule has 0 bridgehead atoms. The smallest absolute Gasteiger partial charge is 0.0827 e. The maximum Gasteiger partial charge on any atom is 0.0827 e. The summed E-state index contributed by atoms with van der Waals surface area (Å²) in [4.78, 5) is 0. The zero-order valence-electron chi connectivity index (χ0n) is 19.2. The minimum Gasteiger partial charge on any atom is -0.392 e. The molecule has 0 saturated carbocycles. The minimum absolute atomic E-state index is 0.0577. The monoisotopic (exact) mass is 421 g/mol. The van der Waals surface area contributed by atoms with Gasteiger partial charge >= 0.3 is 0 Å². The van der Waals surface area contributed by atoms with Crippen LogP contribution in [0.2, 0.25) is 0 Å². The van der Waals surface area contributed by atoms with Crippen molar-refractivity contribution in [3.63, 3.8) is 0 Å². The number of hydrogen-bond acceptors (Lipinski definition) is 4. The molecule has 0 saturated heterocycles. The Balaban J connectivity index is 1.77. The van der Waals surface area contributed by atoms with Crippen molar-refractivity contribution in [2.24, 2.45) is 5.41 Å². The van der Waals surface area contributed by atoms with Gasteiger partial charge < -0.3 is 9.84 Å². The topological polar surface area (TPSA) is 60.2 Å². The Bertz CT molecular complexity index is 950. The van der Waals surface area contributed by atoms with E-state index in [2.05, 4.69) is 61.4 Å². The molecule has 1 heterocycles. The van der Waals surface area contributed by atoms with Gasteiger partial charge in [-0.2, -0.15) is 0 Å². The van der Waals surface area contributed by atoms with Crippen LogP contribution in [0.3, 0.4) is 0 Å². The second-order valence-electron chi connectivity index (χ2n) is 8.97. The zero-order chi connectivity index (χ0) is 22.3. The van der Waals surface area contributed by atoms with Crippen LogP contribution in [-0.2, 0) is 30.9 Å². The van der Waals surface area contributed by atoms with E-state index < -0.39 is 0 Å². The molecular weight excluding hydrogens is 386 g/mol. The highest BCUT2D eigenvalue weighted by Crippen LogP contribution is 2.40. The van der Waals surface area contributed by atoms with Crippen LogP contribution in [0, 0.1) is 12.3 Å². The van der Waals surface area contributed by atoms with Gasteiger partial charge in [0.25, 0.3) is 0 Å². The number of aliphatic hydroxyl groups excluding tert-OH is 1. The Morgan fingerprint density at radius 1 is 1.13 bits per heavy atom. The van der Waals surface area contributed by atoms with E-state index in [1.807, 2.05) is 36.0 Å². The van der Waals surface area contributed by atoms with E-state index in [4.69, 9.17) is 4.74 Å². The van der Waals surface area contributed by atoms with Gasteiger partial charge in [-0.3, -0.25) is 4.68 Å². The Labute approximate surface area is 186 Å². The van der Waals surface area contributed by atoms with Crippen LogP contribution in [0.5, 0.6) is 0 Å². The SMILES string of the molecule is CCn1cc(CCC(c2ccc(C)c(CO)c2)C(C)(C)COCc2ccccc2)nn1. The van der Waals surface area contributed by atoms with Crippen molar-refractivity contribution in [3.05, 3.63) is 82.7 Å². The Hall–Kier alpha value is -2.50. The van der Waals surface area contributed by atoms with Gasteiger partial charge in [-0.25, -0.2) is 0 Å². The van der Waals surface area contributed by atoms with Gasteiger partial charge in [0.05, 0.1) is 25.5 Å². The summed E-state index contributed by atoms with van der Waals surface area (Å²) in [6.45, 7) is 10.8. The lowest BCUT2D eigenvalue weighted by molar-refractivity contribution is 0.0353. The van der Waals surface area contributed by atoms with Crippen molar-refractivity contribution < 1.29 is 9.84 Å². The highest BCUT2D eigenvalue weighted by Gasteiger charge is 2.31. The molecule has 5 heteroatoms. The molecule has 5 nitrogen and oxygen atoms in total. The largest absolute Gasteiger partial charge is 0.392 e. The van der Waals surface area contributed by atoms with Gasteiger partial charge in [0, 0.05) is 12.7 Å². The van der Waals surface area contributed by atoms with E-state index in [0.717, 1.165) is 36.2 Å². The van der Waals surface area contributed by atoms with Crippen LogP contribution in [0.1, 0.15) is 61.1 Å². The highest BCUT2D eigenvalue weighted by atomic mass is 16.5. The summed E-state index contributed by atoms with van der Waals surface area (Å²) < 4.78 is 8.03. The molecule has 2 aromatic carbocycles. The Morgan fingerprint density at radius 3 is 2.58 bits per heavy atom. The lowest BCUT2D eigenvalue weighted by Gasteiger charge is -2.35. The summed E-state index contributed by atoms with van der Waals surface area (Å²) in [7, 11) is 0. The van der Waals surface area contributed by atoms with Crippen LogP contribution in [0.4, 0.5) is 0 Å². The second-order valence-corrected chi connectivity index (χ2v) is 8.97. The van der Waals surface area contributed by atoms with E-state index in [1.165, 1.54) is 11.1 Å². The molecule has 3 rings (SSSR count). The van der Waals surface area contributed by atoms with Gasteiger partial charge in [0.15, 0.2) is 0 Å². The molecule has 1 unspecified atom stereocenters. The van der Waals surface area contributed by atoms with Crippen LogP contribution in [0.15, 0.2) is 54.7 Å². The summed E-state index contributed by atoms with van der Waals surface area (Å²) in [5, 5.41) is 18.3. The first kappa shape index (κ1) is 23.2. The summed E-state index contributed by atoms with van der Waals surface area (Å²) in [6, 6.07) is 16.8. The van der Waals surface area contributed by atoms with Gasteiger partial charge in [0.1, 0.15) is 0 Å². The predicted octanol–water partition coefficient (Wildman–Crippen LogP) is 5.06. The zero-order valence-corrected chi connectivity index (χ0v) is 19.2. The molecule has 166 valence electrons. The first-order valence-corrected chi connectivity index (χ1v) is 11.1. The molecule has 1 N–H and O–H groups in total. The summed E-state index contributed by atoms with van der Waals surface area (Å²) >= 11 is 0. The van der Waals surface area contributed by atoms with Gasteiger partial charge in [-0.15, -0.1) is 5.10 Å². The summed E-state index contributed by atoms with van der Waals surface area (Å²) in [6.07, 6.45) is 3.83. The molecule has 0 aliphatic carbocycles. The van der Waals surface area contributed by atoms with Crippen LogP contribution >= 0.6 is 0 Å². The highest BCUT2D eigenvalue weighted by molar-refractivity contribution is 5.33. The number of aryl methyl sites for hydroxylation is 3. The lowest BCUT2D eigenvalue weighted by atomic mass is 9.72. The van der Waals surface area contributed by atoms with Crippen molar-refractivity contribution in [1.82, 2.24) is 15.0 Å². The molecule has 0 fully saturated rings. The normalized spacial score (nSPS) is 12.8. The maximum absolute atomic E-state index is 9.79. The molecule has 1 atom stereocenters. The van der Waals surface area contributed by atoms with Gasteiger partial charge in [-0.05, 0) is 60.3 Å². The van der Waals surface area contributed by atoms with Gasteiger partial charge in [0.2, 0.25) is 0 Å². The molecule has 0 aliphatic rings. The first-order chi connectivity index (χ1) is 14.9. The number of nitrogens with zero attached hydrogens (tertiary/aromatic N) is 3. The minimum atomic E-state index is -0.0858. The average Bonchev–Trinajstić information content (AvgIpc) is 3.23. The van der Waals surface area contributed by atoms with Crippen molar-refractivity contribution >= 4 is 0 Å². The third kappa shape index (κ3) is 6.25. The Kier molecular flexibility index (Phi) is 7.99. The quantitative estimate of drug-likeness (QED) is 0.470. The van der Waals surface area contributed by atoms with Crippen molar-refractivity contribution in [2.45, 2.75) is 66.2 Å². The molecule has 0 spiro atoms. The van der Waals surface area contributed by atoms with Crippen molar-refractivity contribution in [2.75, 3.05) is 6.61 Å². The van der Waals surface area contributed by atoms with E-state index >= 15 is 0 Å². The van der Waals surface area contributed by atoms with Crippen LogP contribution < -0.4 is 0 Å². The van der Waals surface area contributed by atoms with Crippen LogP contribution in [-0.4, -0.2) is 26.7 Å². The number of ether oxygens (including phenoxy) is 1. The first-order valence-electron chi connectivity index (χ1n) is 11.1. The fourth-order valence-electron chi connectivity index (χ4n) is 4.09. The fourth-order valence-corrected chi connectivity index (χ4v) is 4.09. The summed E-state index contributed by atoms with van der Waals surface area (Å²) in [5.41, 5.74) is 5.46. The third-order valence-corrected chi connectivity index (χ3v) is 6.07. The average molecular weight is 422 g/mol. The number of hydrogen-bond donors (Lipinski definition) is 1. The number of rotatable bonds is 11. The lowest BCUT2D eigenvalue weighted by Crippen LogP contribution is -2.28. The molecule has 1 aromatic heterocycles. The molecule has 0 aliphatic heterocycles. The van der Waals surface area contributed by atoms with Crippen LogP contribution in [0.25, 0.3) is 0 Å². The van der Waals surface area contributed by atoms with Gasteiger partial charge in [-0.1, -0.05) is 67.6 Å². The maximum atomic E-state index is 9.79. The number of benzene rings is 2. The van der Waals surface area contributed by atoms with E-state index in [0.29, 0.717) is 13.2 Å². The summed E-state index contributed by atoms with van der Waals surface area (Å²) in [5.74, 6) is 0.265. The molecule has 31 heavy (non-hydrogen) atoms. The Morgan fingerprint density at radius 2 is 1.90 bits per heavy atom. The second kappa shape index (κ2) is 10.7. The van der Waals surface area contributed by atoms with Crippen molar-refractivity contribution in [3.8, 4) is 0 Å².